The molecule has 0 heterocycles. The lowest BCUT2D eigenvalue weighted by Gasteiger charge is -2.28. The summed E-state index contributed by atoms with van der Waals surface area (Å²) in [6.45, 7) is 8.73. The van der Waals surface area contributed by atoms with E-state index < -0.39 is 11.3 Å². The van der Waals surface area contributed by atoms with E-state index in [0.717, 1.165) is 79.2 Å². The van der Waals surface area contributed by atoms with Gasteiger partial charge in [0.05, 0.1) is 32.1 Å². The van der Waals surface area contributed by atoms with Crippen molar-refractivity contribution in [2.75, 3.05) is 21.3 Å². The molecule has 8 rings (SSSR count). The first-order chi connectivity index (χ1) is 25.0. The number of phenols is 2. The van der Waals surface area contributed by atoms with E-state index in [1.165, 1.54) is 33.5 Å². The van der Waals surface area contributed by atoms with Crippen molar-refractivity contribution in [3.8, 4) is 28.7 Å². The summed E-state index contributed by atoms with van der Waals surface area (Å²) in [6.07, 6.45) is 11.4. The smallest absolute Gasteiger partial charge is 0.194 e. The van der Waals surface area contributed by atoms with Gasteiger partial charge >= 0.3 is 0 Å². The Labute approximate surface area is 303 Å². The van der Waals surface area contributed by atoms with Gasteiger partial charge in [-0.25, -0.2) is 0 Å². The molecule has 3 aliphatic carbocycles. The molecule has 0 saturated heterocycles. The molecule has 3 aliphatic rings. The van der Waals surface area contributed by atoms with E-state index in [1.54, 1.807) is 0 Å². The van der Waals surface area contributed by atoms with Gasteiger partial charge in [-0.2, -0.15) is 0 Å². The van der Waals surface area contributed by atoms with Crippen LogP contribution in [-0.4, -0.2) is 43.3 Å². The molecular weight excluding hydrogens is 654 g/mol. The average Bonchev–Trinajstić information content (AvgIpc) is 3.25. The molecule has 2 N–H and O–H groups in total. The summed E-state index contributed by atoms with van der Waals surface area (Å²) in [6, 6.07) is 2.98. The Kier molecular flexibility index (Phi) is 8.50. The van der Waals surface area contributed by atoms with Crippen LogP contribution in [-0.2, 0) is 6.42 Å². The molecule has 5 aromatic carbocycles. The molecule has 8 heteroatoms. The molecule has 272 valence electrons. The number of fused-ring (bicyclic) bond motifs is 1. The SMILES string of the molecule is COc1c(O)c2c(=O)cc(OC)c3c4c(OC)cc(=O)c5c(O)c(CC6CCC(C)CC6)c6c(c(c1C(C(C)=NC1CCC(C)CC1)C(C)=C6)c23)c54. The van der Waals surface area contributed by atoms with Gasteiger partial charge < -0.3 is 24.4 Å². The zero-order valence-corrected chi connectivity index (χ0v) is 31.4. The number of benzene rings is 5. The summed E-state index contributed by atoms with van der Waals surface area (Å²) < 4.78 is 18.0. The summed E-state index contributed by atoms with van der Waals surface area (Å²) >= 11 is 0. The first-order valence-corrected chi connectivity index (χ1v) is 19.0. The third-order valence-electron chi connectivity index (χ3n) is 12.8. The molecule has 0 aliphatic heterocycles. The second-order valence-corrected chi connectivity index (χ2v) is 16.0. The summed E-state index contributed by atoms with van der Waals surface area (Å²) in [7, 11) is 4.54. The first-order valence-electron chi connectivity index (χ1n) is 19.0. The van der Waals surface area contributed by atoms with E-state index in [1.807, 2.05) is 0 Å². The predicted octanol–water partition coefficient (Wildman–Crippen LogP) is 9.24. The Morgan fingerprint density at radius 3 is 1.81 bits per heavy atom. The minimum absolute atomic E-state index is 0.00288. The standard InChI is InChI=1S/C44H49NO7/c1-20-8-12-24(13-9-20)17-27-26-16-22(3)32(23(4)45-25-14-10-21(2)11-15-25)41-39-33(26)38-34(42(27)48)28(46)18-30(50-5)36(38)37-31(51-6)19-29(47)35(40(37)39)43(49)44(41)52-7/h16,18-21,24-25,32,48-49H,8-15,17H2,1-7H3. The number of methoxy groups -OCH3 is 3. The van der Waals surface area contributed by atoms with Gasteiger partial charge in [0.1, 0.15) is 17.2 Å². The van der Waals surface area contributed by atoms with Crippen LogP contribution in [0.25, 0.3) is 49.2 Å². The molecule has 1 unspecified atom stereocenters. The number of allylic oxidation sites excluding steroid dienone is 1. The third-order valence-corrected chi connectivity index (χ3v) is 12.8. The van der Waals surface area contributed by atoms with Crippen molar-refractivity contribution in [1.29, 1.82) is 0 Å². The van der Waals surface area contributed by atoms with Crippen molar-refractivity contribution in [1.82, 2.24) is 0 Å². The van der Waals surface area contributed by atoms with Crippen molar-refractivity contribution in [2.45, 2.75) is 97.4 Å². The van der Waals surface area contributed by atoms with Gasteiger partial charge in [0, 0.05) is 62.5 Å². The fourth-order valence-electron chi connectivity index (χ4n) is 10.1. The maximum atomic E-state index is 14.2. The fourth-order valence-corrected chi connectivity index (χ4v) is 10.1. The number of rotatable bonds is 7. The molecule has 2 saturated carbocycles. The van der Waals surface area contributed by atoms with Crippen LogP contribution in [0.5, 0.6) is 28.7 Å². The number of aromatic hydroxyl groups is 2. The molecule has 0 spiro atoms. The minimum atomic E-state index is -0.416. The largest absolute Gasteiger partial charge is 0.507 e. The number of hydrogen-bond donors (Lipinski definition) is 2. The number of phenolic OH excluding ortho intramolecular Hbond substituents is 2. The highest BCUT2D eigenvalue weighted by Crippen LogP contribution is 2.58. The highest BCUT2D eigenvalue weighted by Gasteiger charge is 2.37. The first kappa shape index (κ1) is 34.5. The van der Waals surface area contributed by atoms with Crippen LogP contribution in [0.1, 0.15) is 102 Å². The van der Waals surface area contributed by atoms with Gasteiger partial charge in [-0.1, -0.05) is 38.3 Å². The Morgan fingerprint density at radius 1 is 0.712 bits per heavy atom. The predicted molar refractivity (Wildman–Crippen MR) is 210 cm³/mol. The highest BCUT2D eigenvalue weighted by molar-refractivity contribution is 6.39. The van der Waals surface area contributed by atoms with E-state index >= 15 is 0 Å². The number of nitrogens with zero attached hydrogens (tertiary/aromatic N) is 1. The highest BCUT2D eigenvalue weighted by atomic mass is 16.5. The Morgan fingerprint density at radius 2 is 1.25 bits per heavy atom. The van der Waals surface area contributed by atoms with Crippen LogP contribution in [0.15, 0.2) is 32.3 Å². The topological polar surface area (TPSA) is 115 Å². The number of ether oxygens (including phenoxy) is 3. The second kappa shape index (κ2) is 12.8. The van der Waals surface area contributed by atoms with Crippen molar-refractivity contribution < 1.29 is 24.4 Å². The summed E-state index contributed by atoms with van der Waals surface area (Å²) in [5, 5.41) is 28.5. The van der Waals surface area contributed by atoms with Crippen LogP contribution in [0.2, 0.25) is 0 Å². The van der Waals surface area contributed by atoms with Crippen LogP contribution >= 0.6 is 0 Å². The monoisotopic (exact) mass is 703 g/mol. The van der Waals surface area contributed by atoms with E-state index in [2.05, 4.69) is 33.8 Å². The van der Waals surface area contributed by atoms with Crippen molar-refractivity contribution in [2.24, 2.45) is 22.7 Å². The van der Waals surface area contributed by atoms with E-state index in [-0.39, 0.29) is 39.5 Å². The lowest BCUT2D eigenvalue weighted by molar-refractivity contribution is 0.287. The number of hydrogen-bond acceptors (Lipinski definition) is 8. The van der Waals surface area contributed by atoms with Gasteiger partial charge in [-0.05, 0) is 92.9 Å². The molecule has 1 atom stereocenters. The zero-order chi connectivity index (χ0) is 36.7. The van der Waals surface area contributed by atoms with Crippen molar-refractivity contribution in [3.63, 3.8) is 0 Å². The zero-order valence-electron chi connectivity index (χ0n) is 31.4. The molecule has 52 heavy (non-hydrogen) atoms. The fraction of sp³-hybridized carbons (Fsp3) is 0.477. The molecule has 5 aromatic rings. The van der Waals surface area contributed by atoms with Gasteiger partial charge in [0.15, 0.2) is 22.4 Å². The third kappa shape index (κ3) is 5.03. The maximum Gasteiger partial charge on any atom is 0.194 e. The Balaban J connectivity index is 1.61. The van der Waals surface area contributed by atoms with E-state index in [0.29, 0.717) is 68.2 Å². The summed E-state index contributed by atoms with van der Waals surface area (Å²) in [4.78, 5) is 33.7. The van der Waals surface area contributed by atoms with Crippen LogP contribution in [0.4, 0.5) is 0 Å². The van der Waals surface area contributed by atoms with Gasteiger partial charge in [-0.15, -0.1) is 0 Å². The molecule has 0 aromatic heterocycles. The van der Waals surface area contributed by atoms with Crippen molar-refractivity contribution in [3.05, 3.63) is 54.8 Å². The molecule has 0 bridgehead atoms. The Bertz CT molecular complexity index is 2430. The normalized spacial score (nSPS) is 23.9. The molecular formula is C44H49NO7. The minimum Gasteiger partial charge on any atom is -0.507 e. The molecule has 2 fully saturated rings. The quantitative estimate of drug-likeness (QED) is 0.0987. The molecule has 0 amide bonds. The lowest BCUT2D eigenvalue weighted by atomic mass is 9.77. The van der Waals surface area contributed by atoms with E-state index in [4.69, 9.17) is 19.2 Å². The van der Waals surface area contributed by atoms with Gasteiger partial charge in [-0.3, -0.25) is 14.6 Å². The van der Waals surface area contributed by atoms with E-state index in [9.17, 15) is 19.8 Å². The van der Waals surface area contributed by atoms with Gasteiger partial charge in [0.25, 0.3) is 0 Å². The molecule has 8 nitrogen and oxygen atoms in total. The number of aliphatic imine (C=N–C) groups is 1. The average molecular weight is 704 g/mol. The second-order valence-electron chi connectivity index (χ2n) is 16.0. The van der Waals surface area contributed by atoms with Crippen LogP contribution in [0.3, 0.4) is 0 Å². The summed E-state index contributed by atoms with van der Waals surface area (Å²) in [5.74, 6) is 1.85. The Hall–Kier alpha value is -4.59. The van der Waals surface area contributed by atoms with Crippen LogP contribution < -0.4 is 25.1 Å². The van der Waals surface area contributed by atoms with Crippen molar-refractivity contribution >= 4 is 54.9 Å². The maximum absolute atomic E-state index is 14.2. The van der Waals surface area contributed by atoms with Gasteiger partial charge in [0.2, 0.25) is 0 Å². The van der Waals surface area contributed by atoms with Crippen LogP contribution in [0, 0.1) is 17.8 Å². The lowest BCUT2D eigenvalue weighted by Crippen LogP contribution is -2.20. The molecule has 0 radical (unpaired) electrons. The summed E-state index contributed by atoms with van der Waals surface area (Å²) in [5.41, 5.74) is 3.39.